The third-order valence-electron chi connectivity index (χ3n) is 4.20. The quantitative estimate of drug-likeness (QED) is 0.609. The predicted molar refractivity (Wildman–Crippen MR) is 105 cm³/mol. The van der Waals surface area contributed by atoms with Gasteiger partial charge in [0.25, 0.3) is 0 Å². The number of nitrogens with zero attached hydrogens (tertiary/aromatic N) is 5. The highest BCUT2D eigenvalue weighted by atomic mass is 32.2. The number of nitrogens with one attached hydrogen (secondary N) is 1. The van der Waals surface area contributed by atoms with Crippen molar-refractivity contribution in [2.24, 2.45) is 0 Å². The first-order chi connectivity index (χ1) is 15.0. The van der Waals surface area contributed by atoms with Gasteiger partial charge in [-0.1, -0.05) is 0 Å². The van der Waals surface area contributed by atoms with Crippen LogP contribution in [0.2, 0.25) is 0 Å². The fourth-order valence-electron chi connectivity index (χ4n) is 2.69. The molecular weight excluding hydrogens is 449 g/mol. The van der Waals surface area contributed by atoms with Gasteiger partial charge in [0.2, 0.25) is 21.7 Å². The van der Waals surface area contributed by atoms with E-state index in [1.54, 1.807) is 0 Å². The van der Waals surface area contributed by atoms with Crippen LogP contribution in [0.25, 0.3) is 11.3 Å². The molecule has 0 fully saturated rings. The molecule has 0 saturated carbocycles. The second-order valence-electron chi connectivity index (χ2n) is 6.43. The Bertz CT molecular complexity index is 1310. The van der Waals surface area contributed by atoms with Crippen LogP contribution in [0, 0.1) is 25.2 Å². The van der Waals surface area contributed by atoms with E-state index in [4.69, 9.17) is 10.00 Å². The number of alkyl halides is 3. The number of aromatic nitrogens is 4. The Morgan fingerprint density at radius 2 is 1.75 bits per heavy atom. The third kappa shape index (κ3) is 4.66. The average Bonchev–Trinajstić information content (AvgIpc) is 2.75. The molecule has 3 heterocycles. The van der Waals surface area contributed by atoms with Crippen molar-refractivity contribution < 1.29 is 26.3 Å². The van der Waals surface area contributed by atoms with Crippen molar-refractivity contribution >= 4 is 10.0 Å². The smallest absolute Gasteiger partial charge is 0.434 e. The maximum Gasteiger partial charge on any atom is 0.451 e. The molecule has 0 aliphatic heterocycles. The monoisotopic (exact) mass is 464 g/mol. The first kappa shape index (κ1) is 23.0. The van der Waals surface area contributed by atoms with Crippen LogP contribution in [0.15, 0.2) is 35.5 Å². The molecule has 13 heteroatoms. The van der Waals surface area contributed by atoms with Crippen molar-refractivity contribution in [3.8, 4) is 29.0 Å². The number of sulfonamides is 1. The maximum atomic E-state index is 13.0. The lowest BCUT2D eigenvalue weighted by atomic mass is 10.1. The van der Waals surface area contributed by atoms with Crippen LogP contribution in [0.5, 0.6) is 11.6 Å². The summed E-state index contributed by atoms with van der Waals surface area (Å²) < 4.78 is 71.6. The summed E-state index contributed by atoms with van der Waals surface area (Å²) in [6.45, 7) is 2.55. The van der Waals surface area contributed by atoms with Crippen molar-refractivity contribution in [3.63, 3.8) is 0 Å². The Balaban J connectivity index is 2.17. The zero-order valence-electron chi connectivity index (χ0n) is 16.9. The maximum absolute atomic E-state index is 13.0. The average molecular weight is 464 g/mol. The van der Waals surface area contributed by atoms with Gasteiger partial charge in [-0.3, -0.25) is 4.98 Å². The standard InChI is InChI=1S/C19H15F3N6O3S/c1-10-16(11(2)27-18(26-10)19(20,21)22)31-17-15(32(29,30)24-3)5-4-14(28-17)13-6-12(7-23)8-25-9-13/h4-6,8-9,24H,1-3H3. The van der Waals surface area contributed by atoms with Crippen molar-refractivity contribution in [1.29, 1.82) is 5.26 Å². The molecule has 0 spiro atoms. The highest BCUT2D eigenvalue weighted by Gasteiger charge is 2.36. The van der Waals surface area contributed by atoms with Gasteiger partial charge in [0, 0.05) is 18.0 Å². The number of ether oxygens (including phenoxy) is 1. The molecule has 3 aromatic rings. The lowest BCUT2D eigenvalue weighted by Crippen LogP contribution is -2.20. The number of nitriles is 1. The predicted octanol–water partition coefficient (Wildman–Crippen LogP) is 3.14. The highest BCUT2D eigenvalue weighted by molar-refractivity contribution is 7.89. The Kier molecular flexibility index (Phi) is 6.11. The number of rotatable bonds is 5. The van der Waals surface area contributed by atoms with Crippen LogP contribution >= 0.6 is 0 Å². The van der Waals surface area contributed by atoms with Gasteiger partial charge in [-0.2, -0.15) is 18.4 Å². The van der Waals surface area contributed by atoms with E-state index in [1.807, 2.05) is 6.07 Å². The summed E-state index contributed by atoms with van der Waals surface area (Å²) in [6.07, 6.45) is -2.00. The minimum atomic E-state index is -4.76. The topological polar surface area (TPSA) is 131 Å². The Morgan fingerprint density at radius 1 is 1.09 bits per heavy atom. The number of aryl methyl sites for hydroxylation is 2. The van der Waals surface area contributed by atoms with E-state index in [0.717, 1.165) is 0 Å². The molecule has 0 aromatic carbocycles. The first-order valence-electron chi connectivity index (χ1n) is 8.86. The molecule has 0 aliphatic rings. The second-order valence-corrected chi connectivity index (χ2v) is 8.28. The van der Waals surface area contributed by atoms with Gasteiger partial charge in [-0.05, 0) is 39.1 Å². The molecular formula is C19H15F3N6O3S. The number of hydrogen-bond donors (Lipinski definition) is 1. The van der Waals surface area contributed by atoms with Gasteiger partial charge in [0.15, 0.2) is 5.75 Å². The summed E-state index contributed by atoms with van der Waals surface area (Å²) in [6, 6.07) is 6.03. The number of hydrogen-bond acceptors (Lipinski definition) is 8. The molecule has 0 unspecified atom stereocenters. The lowest BCUT2D eigenvalue weighted by Gasteiger charge is -2.15. The summed E-state index contributed by atoms with van der Waals surface area (Å²) in [5.41, 5.74) is 0.569. The van der Waals surface area contributed by atoms with Crippen molar-refractivity contribution in [2.75, 3.05) is 7.05 Å². The fraction of sp³-hybridized carbons (Fsp3) is 0.211. The minimum Gasteiger partial charge on any atom is -0.434 e. The molecule has 3 rings (SSSR count). The van der Waals surface area contributed by atoms with Crippen LogP contribution in [-0.2, 0) is 16.2 Å². The summed E-state index contributed by atoms with van der Waals surface area (Å²) in [7, 11) is -2.86. The summed E-state index contributed by atoms with van der Waals surface area (Å²) >= 11 is 0. The minimum absolute atomic E-state index is 0.155. The molecule has 3 aromatic heterocycles. The Morgan fingerprint density at radius 3 is 2.31 bits per heavy atom. The Labute approximate surface area is 181 Å². The molecule has 0 bridgehead atoms. The Hall–Kier alpha value is -3.63. The highest BCUT2D eigenvalue weighted by Crippen LogP contribution is 2.34. The van der Waals surface area contributed by atoms with Gasteiger partial charge in [0.05, 0.1) is 22.6 Å². The van der Waals surface area contributed by atoms with E-state index >= 15 is 0 Å². The molecule has 0 saturated heterocycles. The van der Waals surface area contributed by atoms with Gasteiger partial charge in [-0.25, -0.2) is 28.1 Å². The number of pyridine rings is 2. The normalized spacial score (nSPS) is 11.8. The second kappa shape index (κ2) is 8.48. The molecule has 1 N–H and O–H groups in total. The summed E-state index contributed by atoms with van der Waals surface area (Å²) in [4.78, 5) is 14.6. The van der Waals surface area contributed by atoms with E-state index in [1.165, 1.54) is 51.5 Å². The first-order valence-corrected chi connectivity index (χ1v) is 10.3. The van der Waals surface area contributed by atoms with Gasteiger partial charge in [-0.15, -0.1) is 0 Å². The van der Waals surface area contributed by atoms with Crippen LogP contribution in [0.4, 0.5) is 13.2 Å². The van der Waals surface area contributed by atoms with Crippen LogP contribution < -0.4 is 9.46 Å². The summed E-state index contributed by atoms with van der Waals surface area (Å²) in [5.74, 6) is -1.92. The molecule has 0 radical (unpaired) electrons. The summed E-state index contributed by atoms with van der Waals surface area (Å²) in [5, 5.41) is 9.07. The van der Waals surface area contributed by atoms with Crippen molar-refractivity contribution in [3.05, 3.63) is 53.4 Å². The number of halogens is 3. The largest absolute Gasteiger partial charge is 0.451 e. The lowest BCUT2D eigenvalue weighted by molar-refractivity contribution is -0.145. The van der Waals surface area contributed by atoms with E-state index in [-0.39, 0.29) is 33.3 Å². The molecule has 166 valence electrons. The molecule has 0 amide bonds. The van der Waals surface area contributed by atoms with Crippen LogP contribution in [-0.4, -0.2) is 35.4 Å². The van der Waals surface area contributed by atoms with Crippen molar-refractivity contribution in [2.45, 2.75) is 24.9 Å². The molecule has 0 aliphatic carbocycles. The van der Waals surface area contributed by atoms with E-state index < -0.39 is 27.9 Å². The van der Waals surface area contributed by atoms with Crippen LogP contribution in [0.1, 0.15) is 22.8 Å². The van der Waals surface area contributed by atoms with Gasteiger partial charge in [0.1, 0.15) is 11.0 Å². The molecule has 32 heavy (non-hydrogen) atoms. The van der Waals surface area contributed by atoms with E-state index in [9.17, 15) is 21.6 Å². The van der Waals surface area contributed by atoms with E-state index in [2.05, 4.69) is 24.7 Å². The molecule has 9 nitrogen and oxygen atoms in total. The zero-order chi connectivity index (χ0) is 23.7. The van der Waals surface area contributed by atoms with Gasteiger partial charge < -0.3 is 4.74 Å². The zero-order valence-corrected chi connectivity index (χ0v) is 17.7. The fourth-order valence-corrected chi connectivity index (χ4v) is 3.48. The third-order valence-corrected chi connectivity index (χ3v) is 5.63. The van der Waals surface area contributed by atoms with E-state index in [0.29, 0.717) is 5.56 Å². The van der Waals surface area contributed by atoms with Gasteiger partial charge >= 0.3 is 6.18 Å². The van der Waals surface area contributed by atoms with Crippen LogP contribution in [0.3, 0.4) is 0 Å². The molecule has 0 atom stereocenters. The van der Waals surface area contributed by atoms with Crippen molar-refractivity contribution in [1.82, 2.24) is 24.7 Å². The SMILES string of the molecule is CNS(=O)(=O)c1ccc(-c2cncc(C#N)c2)nc1Oc1c(C)nc(C(F)(F)F)nc1C.